The Labute approximate surface area is 75.5 Å². The third-order valence-electron chi connectivity index (χ3n) is 1.89. The Kier molecular flexibility index (Phi) is 3.07. The van der Waals surface area contributed by atoms with Gasteiger partial charge in [-0.2, -0.15) is 0 Å². The lowest BCUT2D eigenvalue weighted by molar-refractivity contribution is -0.149. The number of aliphatic carboxylic acids is 1. The smallest absolute Gasteiger partial charge is 0.334 e. The highest BCUT2D eigenvalue weighted by Crippen LogP contribution is 2.01. The fourth-order valence-electron chi connectivity index (χ4n) is 1.14. The van der Waals surface area contributed by atoms with Crippen LogP contribution in [0.1, 0.15) is 0 Å². The molecule has 6 heteroatoms. The maximum absolute atomic E-state index is 11.0. The normalized spacial score (nSPS) is 18.5. The van der Waals surface area contributed by atoms with Crippen LogP contribution in [0.2, 0.25) is 0 Å². The van der Waals surface area contributed by atoms with E-state index in [0.29, 0.717) is 13.1 Å². The largest absolute Gasteiger partial charge is 0.479 e. The molecule has 0 bridgehead atoms. The zero-order valence-corrected chi connectivity index (χ0v) is 7.32. The number of amides is 2. The van der Waals surface area contributed by atoms with Gasteiger partial charge in [0.25, 0.3) is 0 Å². The quantitative estimate of drug-likeness (QED) is 0.600. The minimum Gasteiger partial charge on any atom is -0.479 e. The van der Waals surface area contributed by atoms with Gasteiger partial charge in [-0.05, 0) is 0 Å². The van der Waals surface area contributed by atoms with E-state index in [9.17, 15) is 9.59 Å². The van der Waals surface area contributed by atoms with Crippen molar-refractivity contribution in [1.29, 1.82) is 0 Å². The second-order valence-corrected chi connectivity index (χ2v) is 2.74. The third-order valence-corrected chi connectivity index (χ3v) is 1.89. The first-order valence-corrected chi connectivity index (χ1v) is 3.93. The molecule has 1 rings (SSSR count). The van der Waals surface area contributed by atoms with Crippen LogP contribution in [-0.2, 0) is 9.53 Å². The predicted molar refractivity (Wildman–Crippen MR) is 43.4 cm³/mol. The first-order valence-electron chi connectivity index (χ1n) is 3.93. The van der Waals surface area contributed by atoms with Crippen molar-refractivity contribution in [3.05, 3.63) is 0 Å². The Balaban J connectivity index is 2.45. The molecule has 1 heterocycles. The highest BCUT2D eigenvalue weighted by Gasteiger charge is 2.26. The number of urea groups is 1. The molecule has 74 valence electrons. The Bertz CT molecular complexity index is 219. The van der Waals surface area contributed by atoms with Gasteiger partial charge in [-0.25, -0.2) is 9.59 Å². The van der Waals surface area contributed by atoms with Crippen LogP contribution in [0, 0.1) is 0 Å². The number of carboxylic acid groups (broad SMARTS) is 1. The Hall–Kier alpha value is -1.30. The predicted octanol–water partition coefficient (Wildman–Crippen LogP) is -0.889. The molecule has 6 nitrogen and oxygen atoms in total. The molecule has 0 aromatic rings. The van der Waals surface area contributed by atoms with E-state index < -0.39 is 12.1 Å². The summed E-state index contributed by atoms with van der Waals surface area (Å²) in [5, 5.41) is 11.2. The number of carbonyl (C=O) groups is 2. The van der Waals surface area contributed by atoms with Gasteiger partial charge in [0.05, 0.1) is 6.54 Å². The molecule has 1 unspecified atom stereocenters. The van der Waals surface area contributed by atoms with E-state index >= 15 is 0 Å². The Morgan fingerprint density at radius 3 is 2.92 bits per heavy atom. The number of nitrogens with one attached hydrogen (secondary N) is 1. The number of rotatable bonds is 4. The standard InChI is InChI=1S/C7H12N2O4/c1-13-5(6(10)11)4-9-3-2-8-7(9)12/h5H,2-4H2,1H3,(H,8,12)(H,10,11). The molecule has 0 aromatic carbocycles. The van der Waals surface area contributed by atoms with Crippen molar-refractivity contribution < 1.29 is 19.4 Å². The molecule has 2 N–H and O–H groups in total. The van der Waals surface area contributed by atoms with Crippen LogP contribution in [0.15, 0.2) is 0 Å². The van der Waals surface area contributed by atoms with Gasteiger partial charge < -0.3 is 20.1 Å². The molecule has 13 heavy (non-hydrogen) atoms. The summed E-state index contributed by atoms with van der Waals surface area (Å²) in [5.41, 5.74) is 0. The molecule has 1 aliphatic rings. The fraction of sp³-hybridized carbons (Fsp3) is 0.714. The highest BCUT2D eigenvalue weighted by atomic mass is 16.5. The maximum Gasteiger partial charge on any atom is 0.334 e. The number of hydrogen-bond acceptors (Lipinski definition) is 3. The molecular weight excluding hydrogens is 176 g/mol. The van der Waals surface area contributed by atoms with Crippen molar-refractivity contribution in [2.45, 2.75) is 6.10 Å². The summed E-state index contributed by atoms with van der Waals surface area (Å²) in [6.07, 6.45) is -0.941. The van der Waals surface area contributed by atoms with Crippen LogP contribution in [0.5, 0.6) is 0 Å². The van der Waals surface area contributed by atoms with Crippen molar-refractivity contribution in [1.82, 2.24) is 10.2 Å². The van der Waals surface area contributed by atoms with Crippen LogP contribution in [0.3, 0.4) is 0 Å². The van der Waals surface area contributed by atoms with Crippen molar-refractivity contribution in [2.75, 3.05) is 26.7 Å². The highest BCUT2D eigenvalue weighted by molar-refractivity contribution is 5.78. The summed E-state index contributed by atoms with van der Waals surface area (Å²) in [4.78, 5) is 23.0. The summed E-state index contributed by atoms with van der Waals surface area (Å²) >= 11 is 0. The topological polar surface area (TPSA) is 78.9 Å². The van der Waals surface area contributed by atoms with Crippen LogP contribution in [0.25, 0.3) is 0 Å². The molecule has 1 aliphatic heterocycles. The van der Waals surface area contributed by atoms with Crippen molar-refractivity contribution in [2.24, 2.45) is 0 Å². The molecule has 1 saturated heterocycles. The first-order chi connectivity index (χ1) is 6.15. The number of nitrogens with zero attached hydrogens (tertiary/aromatic N) is 1. The minimum absolute atomic E-state index is 0.0949. The van der Waals surface area contributed by atoms with Crippen LogP contribution in [-0.4, -0.2) is 54.9 Å². The fourth-order valence-corrected chi connectivity index (χ4v) is 1.14. The minimum atomic E-state index is -1.05. The Morgan fingerprint density at radius 2 is 2.54 bits per heavy atom. The molecule has 0 spiro atoms. The lowest BCUT2D eigenvalue weighted by Gasteiger charge is -2.18. The monoisotopic (exact) mass is 188 g/mol. The first kappa shape index (κ1) is 9.79. The lowest BCUT2D eigenvalue weighted by atomic mass is 10.3. The van der Waals surface area contributed by atoms with Gasteiger partial charge in [0.2, 0.25) is 0 Å². The van der Waals surface area contributed by atoms with E-state index in [-0.39, 0.29) is 12.6 Å². The van der Waals surface area contributed by atoms with Crippen LogP contribution < -0.4 is 5.32 Å². The molecule has 1 fully saturated rings. The second kappa shape index (κ2) is 4.08. The van der Waals surface area contributed by atoms with Crippen molar-refractivity contribution >= 4 is 12.0 Å². The number of methoxy groups -OCH3 is 1. The van der Waals surface area contributed by atoms with E-state index in [1.165, 1.54) is 12.0 Å². The van der Waals surface area contributed by atoms with Gasteiger partial charge in [-0.15, -0.1) is 0 Å². The zero-order chi connectivity index (χ0) is 9.84. The van der Waals surface area contributed by atoms with Crippen LogP contribution >= 0.6 is 0 Å². The number of ether oxygens (including phenoxy) is 1. The average Bonchev–Trinajstić information content (AvgIpc) is 2.46. The van der Waals surface area contributed by atoms with Gasteiger partial charge >= 0.3 is 12.0 Å². The lowest BCUT2D eigenvalue weighted by Crippen LogP contribution is -2.39. The molecule has 0 saturated carbocycles. The molecular formula is C7H12N2O4. The van der Waals surface area contributed by atoms with E-state index in [4.69, 9.17) is 9.84 Å². The summed E-state index contributed by atoms with van der Waals surface area (Å²) in [6, 6.07) is -0.233. The number of hydrogen-bond donors (Lipinski definition) is 2. The molecule has 2 amide bonds. The number of carbonyl (C=O) groups excluding carboxylic acids is 1. The summed E-state index contributed by atoms with van der Waals surface area (Å²) < 4.78 is 4.70. The van der Waals surface area contributed by atoms with Gasteiger partial charge in [0.1, 0.15) is 0 Å². The SMILES string of the molecule is COC(CN1CCNC1=O)C(=O)O. The van der Waals surface area contributed by atoms with Gasteiger partial charge in [-0.3, -0.25) is 0 Å². The molecule has 0 radical (unpaired) electrons. The molecule has 1 atom stereocenters. The summed E-state index contributed by atoms with van der Waals surface area (Å²) in [7, 11) is 1.31. The Morgan fingerprint density at radius 1 is 1.85 bits per heavy atom. The van der Waals surface area contributed by atoms with Gasteiger partial charge in [-0.1, -0.05) is 0 Å². The van der Waals surface area contributed by atoms with Crippen molar-refractivity contribution in [3.8, 4) is 0 Å². The van der Waals surface area contributed by atoms with Gasteiger partial charge in [0, 0.05) is 20.2 Å². The molecule has 0 aromatic heterocycles. The average molecular weight is 188 g/mol. The second-order valence-electron chi connectivity index (χ2n) is 2.74. The van der Waals surface area contributed by atoms with E-state index in [1.54, 1.807) is 0 Å². The molecule has 0 aliphatic carbocycles. The van der Waals surface area contributed by atoms with E-state index in [1.807, 2.05) is 0 Å². The van der Waals surface area contributed by atoms with E-state index in [2.05, 4.69) is 5.32 Å². The van der Waals surface area contributed by atoms with Crippen LogP contribution in [0.4, 0.5) is 4.79 Å². The maximum atomic E-state index is 11.0. The zero-order valence-electron chi connectivity index (χ0n) is 7.32. The summed E-state index contributed by atoms with van der Waals surface area (Å²) in [6.45, 7) is 1.19. The van der Waals surface area contributed by atoms with Gasteiger partial charge in [0.15, 0.2) is 6.10 Å². The number of carboxylic acids is 1. The van der Waals surface area contributed by atoms with E-state index in [0.717, 1.165) is 0 Å². The summed E-state index contributed by atoms with van der Waals surface area (Å²) in [5.74, 6) is -1.05. The third kappa shape index (κ3) is 2.32. The van der Waals surface area contributed by atoms with Crippen molar-refractivity contribution in [3.63, 3.8) is 0 Å².